The molecule has 3 rings (SSSR count). The molecule has 2 fully saturated rings. The minimum absolute atomic E-state index is 0.0357. The Morgan fingerprint density at radius 2 is 1.83 bits per heavy atom. The quantitative estimate of drug-likeness (QED) is 0.727. The van der Waals surface area contributed by atoms with Crippen molar-refractivity contribution in [3.05, 3.63) is 29.3 Å². The molecule has 0 radical (unpaired) electrons. The Hall–Kier alpha value is -2.51. The van der Waals surface area contributed by atoms with E-state index in [4.69, 9.17) is 5.11 Å². The van der Waals surface area contributed by atoms with Crippen LogP contribution in [0.3, 0.4) is 0 Å². The van der Waals surface area contributed by atoms with E-state index in [0.29, 0.717) is 12.8 Å². The summed E-state index contributed by atoms with van der Waals surface area (Å²) in [5.74, 6) is -5.21. The van der Waals surface area contributed by atoms with Crippen LogP contribution in [0.1, 0.15) is 37.2 Å². The van der Waals surface area contributed by atoms with Crippen LogP contribution in [0.4, 0.5) is 14.5 Å². The predicted octanol–water partition coefficient (Wildman–Crippen LogP) is 1.76. The van der Waals surface area contributed by atoms with Crippen molar-refractivity contribution in [2.45, 2.75) is 37.6 Å². The second kappa shape index (κ2) is 6.18. The van der Waals surface area contributed by atoms with Crippen LogP contribution in [0.25, 0.3) is 0 Å². The number of anilines is 1. The first-order chi connectivity index (χ1) is 11.3. The molecular formula is C16H16F2N2O4. The molecule has 0 spiro atoms. The molecule has 3 N–H and O–H groups in total. The lowest BCUT2D eigenvalue weighted by Crippen LogP contribution is -2.40. The average molecular weight is 338 g/mol. The summed E-state index contributed by atoms with van der Waals surface area (Å²) < 4.78 is 28.6. The number of amides is 2. The van der Waals surface area contributed by atoms with Gasteiger partial charge in [0.1, 0.15) is 11.6 Å². The van der Waals surface area contributed by atoms with Crippen LogP contribution in [-0.2, 0) is 14.4 Å². The van der Waals surface area contributed by atoms with E-state index in [1.807, 2.05) is 0 Å². The number of benzene rings is 1. The van der Waals surface area contributed by atoms with Gasteiger partial charge in [0.25, 0.3) is 0 Å². The molecule has 1 heterocycles. The highest BCUT2D eigenvalue weighted by Crippen LogP contribution is 2.34. The summed E-state index contributed by atoms with van der Waals surface area (Å²) in [6, 6.07) is 2.04. The molecule has 0 aromatic heterocycles. The van der Waals surface area contributed by atoms with Crippen molar-refractivity contribution >= 4 is 23.5 Å². The molecule has 128 valence electrons. The summed E-state index contributed by atoms with van der Waals surface area (Å²) in [4.78, 5) is 33.7. The lowest BCUT2D eigenvalue weighted by atomic mass is 9.80. The van der Waals surface area contributed by atoms with Crippen LogP contribution < -0.4 is 10.6 Å². The van der Waals surface area contributed by atoms with Gasteiger partial charge in [0.15, 0.2) is 0 Å². The standard InChI is InChI=1S/C16H16F2N2O4/c17-11-5-9(19-8-3-7(4-8)16(23)24)6-12(18)14(11)10-1-2-13(21)20-15(10)22/h5-8,10,19H,1-4H2,(H,23,24)(H,20,21,22)/t7-,8-,10?. The average Bonchev–Trinajstić information content (AvgIpc) is 2.43. The Morgan fingerprint density at radius 1 is 1.21 bits per heavy atom. The molecule has 6 nitrogen and oxygen atoms in total. The van der Waals surface area contributed by atoms with Crippen LogP contribution in [0, 0.1) is 17.6 Å². The fourth-order valence-corrected chi connectivity index (χ4v) is 3.14. The zero-order valence-electron chi connectivity index (χ0n) is 12.6. The molecule has 1 aliphatic carbocycles. The molecule has 24 heavy (non-hydrogen) atoms. The van der Waals surface area contributed by atoms with Gasteiger partial charge in [-0.3, -0.25) is 19.7 Å². The monoisotopic (exact) mass is 338 g/mol. The van der Waals surface area contributed by atoms with Gasteiger partial charge in [-0.25, -0.2) is 8.78 Å². The molecule has 1 saturated heterocycles. The maximum absolute atomic E-state index is 14.3. The molecule has 8 heteroatoms. The summed E-state index contributed by atoms with van der Waals surface area (Å²) >= 11 is 0. The first kappa shape index (κ1) is 16.4. The second-order valence-corrected chi connectivity index (χ2v) is 6.21. The smallest absolute Gasteiger partial charge is 0.306 e. The Morgan fingerprint density at radius 3 is 2.38 bits per heavy atom. The molecule has 1 aliphatic heterocycles. The van der Waals surface area contributed by atoms with E-state index in [9.17, 15) is 23.2 Å². The van der Waals surface area contributed by atoms with Gasteiger partial charge in [0, 0.05) is 23.7 Å². The summed E-state index contributed by atoms with van der Waals surface area (Å²) in [5, 5.41) is 13.8. The van der Waals surface area contributed by atoms with Crippen LogP contribution in [-0.4, -0.2) is 28.9 Å². The van der Waals surface area contributed by atoms with Crippen molar-refractivity contribution in [1.29, 1.82) is 0 Å². The van der Waals surface area contributed by atoms with Gasteiger partial charge in [-0.05, 0) is 31.4 Å². The van der Waals surface area contributed by atoms with Gasteiger partial charge in [0.2, 0.25) is 11.8 Å². The molecule has 1 atom stereocenters. The van der Waals surface area contributed by atoms with Gasteiger partial charge in [-0.2, -0.15) is 0 Å². The highest BCUT2D eigenvalue weighted by Gasteiger charge is 2.35. The normalized spacial score (nSPS) is 26.5. The summed E-state index contributed by atoms with van der Waals surface area (Å²) in [6.45, 7) is 0. The topological polar surface area (TPSA) is 95.5 Å². The molecule has 1 unspecified atom stereocenters. The minimum Gasteiger partial charge on any atom is -0.481 e. The number of carbonyl (C=O) groups excluding carboxylic acids is 2. The third-order valence-electron chi connectivity index (χ3n) is 4.52. The number of imide groups is 1. The summed E-state index contributed by atoms with van der Waals surface area (Å²) in [5.41, 5.74) is -0.141. The number of aliphatic carboxylic acids is 1. The number of piperidine rings is 1. The highest BCUT2D eigenvalue weighted by atomic mass is 19.1. The molecule has 1 aromatic carbocycles. The van der Waals surface area contributed by atoms with Crippen molar-refractivity contribution in [1.82, 2.24) is 5.32 Å². The fourth-order valence-electron chi connectivity index (χ4n) is 3.14. The number of carboxylic acids is 1. The first-order valence-electron chi connectivity index (χ1n) is 7.67. The maximum atomic E-state index is 14.3. The van der Waals surface area contributed by atoms with E-state index >= 15 is 0 Å². The lowest BCUT2D eigenvalue weighted by Gasteiger charge is -2.33. The van der Waals surface area contributed by atoms with Gasteiger partial charge in [-0.15, -0.1) is 0 Å². The molecule has 0 bridgehead atoms. The number of hydrogen-bond donors (Lipinski definition) is 3. The third kappa shape index (κ3) is 3.08. The van der Waals surface area contributed by atoms with E-state index in [1.54, 1.807) is 0 Å². The third-order valence-corrected chi connectivity index (χ3v) is 4.52. The fraction of sp³-hybridized carbons (Fsp3) is 0.438. The van der Waals surface area contributed by atoms with Crippen molar-refractivity contribution < 1.29 is 28.3 Å². The largest absolute Gasteiger partial charge is 0.481 e. The van der Waals surface area contributed by atoms with Gasteiger partial charge in [0.05, 0.1) is 11.8 Å². The Labute approximate surface area is 136 Å². The van der Waals surface area contributed by atoms with E-state index in [2.05, 4.69) is 10.6 Å². The SMILES string of the molecule is O=C1CCC(c2c(F)cc(N[C@H]3C[C@H](C(=O)O)C3)cc2F)C(=O)N1. The zero-order chi connectivity index (χ0) is 17.4. The number of rotatable bonds is 4. The van der Waals surface area contributed by atoms with Gasteiger partial charge < -0.3 is 10.4 Å². The van der Waals surface area contributed by atoms with Crippen molar-refractivity contribution in [2.24, 2.45) is 5.92 Å². The van der Waals surface area contributed by atoms with Crippen LogP contribution in [0.2, 0.25) is 0 Å². The number of carboxylic acid groups (broad SMARTS) is 1. The Balaban J connectivity index is 1.73. The van der Waals surface area contributed by atoms with E-state index in [-0.39, 0.29) is 30.1 Å². The molecule has 2 amide bonds. The van der Waals surface area contributed by atoms with Crippen molar-refractivity contribution in [2.75, 3.05) is 5.32 Å². The number of halogens is 2. The van der Waals surface area contributed by atoms with Gasteiger partial charge in [-0.1, -0.05) is 0 Å². The molecule has 1 aromatic rings. The summed E-state index contributed by atoms with van der Waals surface area (Å²) in [6.07, 6.45) is 0.892. The Bertz CT molecular complexity index is 693. The molecule has 1 saturated carbocycles. The summed E-state index contributed by atoms with van der Waals surface area (Å²) in [7, 11) is 0. The van der Waals surface area contributed by atoms with Crippen LogP contribution in [0.5, 0.6) is 0 Å². The first-order valence-corrected chi connectivity index (χ1v) is 7.67. The zero-order valence-corrected chi connectivity index (χ0v) is 12.6. The van der Waals surface area contributed by atoms with Crippen LogP contribution in [0.15, 0.2) is 12.1 Å². The Kier molecular flexibility index (Phi) is 4.21. The van der Waals surface area contributed by atoms with E-state index in [1.165, 1.54) is 0 Å². The van der Waals surface area contributed by atoms with Crippen LogP contribution >= 0.6 is 0 Å². The van der Waals surface area contributed by atoms with Gasteiger partial charge >= 0.3 is 5.97 Å². The second-order valence-electron chi connectivity index (χ2n) is 6.21. The lowest BCUT2D eigenvalue weighted by molar-refractivity contribution is -0.144. The number of nitrogens with one attached hydrogen (secondary N) is 2. The number of carbonyl (C=O) groups is 3. The van der Waals surface area contributed by atoms with Crippen molar-refractivity contribution in [3.63, 3.8) is 0 Å². The van der Waals surface area contributed by atoms with E-state index < -0.39 is 41.3 Å². The molecule has 2 aliphatic rings. The highest BCUT2D eigenvalue weighted by molar-refractivity contribution is 6.01. The van der Waals surface area contributed by atoms with E-state index in [0.717, 1.165) is 12.1 Å². The minimum atomic E-state index is -1.03. The molecular weight excluding hydrogens is 322 g/mol. The van der Waals surface area contributed by atoms with Crippen molar-refractivity contribution in [3.8, 4) is 0 Å². The number of hydrogen-bond acceptors (Lipinski definition) is 4. The maximum Gasteiger partial charge on any atom is 0.306 e. The predicted molar refractivity (Wildman–Crippen MR) is 79.3 cm³/mol.